The molecule has 3 heteroatoms. The van der Waals surface area contributed by atoms with Crippen molar-refractivity contribution in [3.63, 3.8) is 0 Å². The van der Waals surface area contributed by atoms with Crippen molar-refractivity contribution in [3.8, 4) is 5.75 Å². The summed E-state index contributed by atoms with van der Waals surface area (Å²) in [4.78, 5) is 0. The fraction of sp³-hybridized carbons (Fsp3) is 0.571. The van der Waals surface area contributed by atoms with Crippen LogP contribution in [0.25, 0.3) is 0 Å². The second kappa shape index (κ2) is 4.73. The van der Waals surface area contributed by atoms with Crippen molar-refractivity contribution in [2.75, 3.05) is 12.4 Å². The smallest absolute Gasteiger partial charge is 0.250 e. The highest BCUT2D eigenvalue weighted by Gasteiger charge is 2.39. The van der Waals surface area contributed by atoms with Gasteiger partial charge in [0.1, 0.15) is 5.75 Å². The summed E-state index contributed by atoms with van der Waals surface area (Å²) in [5, 5.41) is 3.38. The summed E-state index contributed by atoms with van der Waals surface area (Å²) >= 11 is 0. The van der Waals surface area contributed by atoms with Crippen LogP contribution >= 0.6 is 0 Å². The van der Waals surface area contributed by atoms with E-state index in [-0.39, 0.29) is 5.04 Å². The van der Waals surface area contributed by atoms with E-state index >= 15 is 0 Å². The van der Waals surface area contributed by atoms with Gasteiger partial charge in [-0.1, -0.05) is 20.8 Å². The van der Waals surface area contributed by atoms with Gasteiger partial charge in [0.05, 0.1) is 0 Å². The third-order valence-corrected chi connectivity index (χ3v) is 7.98. The van der Waals surface area contributed by atoms with E-state index < -0.39 is 8.32 Å². The SMILES string of the molecule is CNc1ccc(O[Si](C)(C)C(C)(C)C)c(C)c1. The molecule has 0 bridgehead atoms. The number of anilines is 1. The van der Waals surface area contributed by atoms with Gasteiger partial charge in [0.2, 0.25) is 8.32 Å². The minimum Gasteiger partial charge on any atom is -0.543 e. The fourth-order valence-corrected chi connectivity index (χ4v) is 2.43. The van der Waals surface area contributed by atoms with Crippen molar-refractivity contribution in [2.24, 2.45) is 0 Å². The number of hydrogen-bond donors (Lipinski definition) is 1. The summed E-state index contributed by atoms with van der Waals surface area (Å²) in [6.45, 7) is 13.4. The van der Waals surface area contributed by atoms with Gasteiger partial charge < -0.3 is 9.74 Å². The molecule has 17 heavy (non-hydrogen) atoms. The van der Waals surface area contributed by atoms with Crippen LogP contribution < -0.4 is 9.74 Å². The maximum atomic E-state index is 6.31. The number of aryl methyl sites for hydroxylation is 1. The Kier molecular flexibility index (Phi) is 3.92. The Morgan fingerprint density at radius 2 is 1.76 bits per heavy atom. The molecular formula is C14H25NOSi. The topological polar surface area (TPSA) is 21.3 Å². The Morgan fingerprint density at radius 1 is 1.18 bits per heavy atom. The number of benzene rings is 1. The Bertz CT molecular complexity index is 394. The molecule has 2 nitrogen and oxygen atoms in total. The lowest BCUT2D eigenvalue weighted by Gasteiger charge is -2.37. The van der Waals surface area contributed by atoms with Gasteiger partial charge in [0, 0.05) is 12.7 Å². The van der Waals surface area contributed by atoms with Crippen LogP contribution in [-0.4, -0.2) is 15.4 Å². The van der Waals surface area contributed by atoms with Gasteiger partial charge in [-0.15, -0.1) is 0 Å². The van der Waals surface area contributed by atoms with Crippen LogP contribution in [0.1, 0.15) is 26.3 Å². The second-order valence-corrected chi connectivity index (χ2v) is 10.8. The molecule has 0 aliphatic carbocycles. The Morgan fingerprint density at radius 3 is 2.18 bits per heavy atom. The van der Waals surface area contributed by atoms with E-state index in [1.54, 1.807) is 0 Å². The van der Waals surface area contributed by atoms with Crippen LogP contribution in [0.15, 0.2) is 18.2 Å². The molecule has 1 aromatic rings. The molecule has 0 saturated carbocycles. The Labute approximate surface area is 107 Å². The maximum Gasteiger partial charge on any atom is 0.250 e. The molecular weight excluding hydrogens is 226 g/mol. The molecule has 96 valence electrons. The molecule has 0 aliphatic rings. The van der Waals surface area contributed by atoms with E-state index in [0.29, 0.717) is 0 Å². The third kappa shape index (κ3) is 3.25. The van der Waals surface area contributed by atoms with Crippen LogP contribution in [0, 0.1) is 6.92 Å². The molecule has 0 amide bonds. The lowest BCUT2D eigenvalue weighted by atomic mass is 10.2. The lowest BCUT2D eigenvalue weighted by Crippen LogP contribution is -2.44. The minimum absolute atomic E-state index is 0.237. The summed E-state index contributed by atoms with van der Waals surface area (Å²) < 4.78 is 6.31. The van der Waals surface area contributed by atoms with Crippen molar-refractivity contribution in [2.45, 2.75) is 45.8 Å². The normalized spacial score (nSPS) is 12.4. The maximum absolute atomic E-state index is 6.31. The van der Waals surface area contributed by atoms with E-state index in [4.69, 9.17) is 4.43 Å². The average molecular weight is 251 g/mol. The molecule has 0 saturated heterocycles. The monoisotopic (exact) mass is 251 g/mol. The molecule has 0 aromatic heterocycles. The first kappa shape index (κ1) is 14.1. The average Bonchev–Trinajstić information content (AvgIpc) is 2.19. The first-order valence-electron chi connectivity index (χ1n) is 6.15. The Balaban J connectivity index is 2.96. The molecule has 0 spiro atoms. The van der Waals surface area contributed by atoms with Crippen molar-refractivity contribution < 1.29 is 4.43 Å². The van der Waals surface area contributed by atoms with Gasteiger partial charge in [-0.25, -0.2) is 0 Å². The highest BCUT2D eigenvalue weighted by atomic mass is 28.4. The van der Waals surface area contributed by atoms with E-state index in [1.807, 2.05) is 7.05 Å². The second-order valence-electron chi connectivity index (χ2n) is 6.09. The van der Waals surface area contributed by atoms with Crippen molar-refractivity contribution in [1.82, 2.24) is 0 Å². The standard InChI is InChI=1S/C14H25NOSi/c1-11-10-12(15-5)8-9-13(11)16-17(6,7)14(2,3)4/h8-10,15H,1-7H3. The van der Waals surface area contributed by atoms with Crippen LogP contribution in [0.3, 0.4) is 0 Å². The lowest BCUT2D eigenvalue weighted by molar-refractivity contribution is 0.489. The first-order chi connectivity index (χ1) is 7.67. The molecule has 0 unspecified atom stereocenters. The zero-order valence-corrected chi connectivity index (χ0v) is 13.1. The molecule has 0 heterocycles. The van der Waals surface area contributed by atoms with Gasteiger partial charge in [-0.05, 0) is 48.8 Å². The van der Waals surface area contributed by atoms with Gasteiger partial charge in [-0.3, -0.25) is 0 Å². The van der Waals surface area contributed by atoms with E-state index in [0.717, 1.165) is 11.4 Å². The van der Waals surface area contributed by atoms with Crippen molar-refractivity contribution >= 4 is 14.0 Å². The van der Waals surface area contributed by atoms with Gasteiger partial charge >= 0.3 is 0 Å². The number of hydrogen-bond acceptors (Lipinski definition) is 2. The number of nitrogens with one attached hydrogen (secondary N) is 1. The van der Waals surface area contributed by atoms with E-state index in [2.05, 4.69) is 64.3 Å². The molecule has 1 N–H and O–H groups in total. The highest BCUT2D eigenvalue weighted by molar-refractivity contribution is 6.74. The predicted octanol–water partition coefficient (Wildman–Crippen LogP) is 4.42. The first-order valence-corrected chi connectivity index (χ1v) is 9.05. The molecule has 1 rings (SSSR count). The summed E-state index contributed by atoms with van der Waals surface area (Å²) in [5.41, 5.74) is 2.33. The van der Waals surface area contributed by atoms with Gasteiger partial charge in [-0.2, -0.15) is 0 Å². The van der Waals surface area contributed by atoms with Crippen LogP contribution in [0.4, 0.5) is 5.69 Å². The molecule has 1 aromatic carbocycles. The summed E-state index contributed by atoms with van der Waals surface area (Å²) in [6, 6.07) is 6.26. The summed E-state index contributed by atoms with van der Waals surface area (Å²) in [6.07, 6.45) is 0. The quantitative estimate of drug-likeness (QED) is 0.803. The van der Waals surface area contributed by atoms with Crippen molar-refractivity contribution in [3.05, 3.63) is 23.8 Å². The van der Waals surface area contributed by atoms with E-state index in [1.165, 1.54) is 5.56 Å². The highest BCUT2D eigenvalue weighted by Crippen LogP contribution is 2.38. The van der Waals surface area contributed by atoms with Crippen LogP contribution in [0.2, 0.25) is 18.1 Å². The molecule has 0 atom stereocenters. The van der Waals surface area contributed by atoms with Crippen LogP contribution in [-0.2, 0) is 0 Å². The largest absolute Gasteiger partial charge is 0.543 e. The van der Waals surface area contributed by atoms with Crippen LogP contribution in [0.5, 0.6) is 5.75 Å². The van der Waals surface area contributed by atoms with Gasteiger partial charge in [0.15, 0.2) is 0 Å². The molecule has 0 aliphatic heterocycles. The summed E-state index contributed by atoms with van der Waals surface area (Å²) in [7, 11) is 0.209. The third-order valence-electron chi connectivity index (χ3n) is 3.63. The zero-order valence-electron chi connectivity index (χ0n) is 12.1. The Hall–Kier alpha value is -0.963. The minimum atomic E-state index is -1.73. The molecule has 0 radical (unpaired) electrons. The van der Waals surface area contributed by atoms with Crippen molar-refractivity contribution in [1.29, 1.82) is 0 Å². The van der Waals surface area contributed by atoms with Gasteiger partial charge in [0.25, 0.3) is 0 Å². The zero-order chi connectivity index (χ0) is 13.3. The number of rotatable bonds is 3. The fourth-order valence-electron chi connectivity index (χ4n) is 1.35. The summed E-state index contributed by atoms with van der Waals surface area (Å²) in [5.74, 6) is 1.02. The van der Waals surface area contributed by atoms with E-state index in [9.17, 15) is 0 Å². The predicted molar refractivity (Wildman–Crippen MR) is 78.6 cm³/mol. The molecule has 0 fully saturated rings.